The first-order chi connectivity index (χ1) is 19.0. The highest BCUT2D eigenvalue weighted by molar-refractivity contribution is 5.99. The van der Waals surface area contributed by atoms with Gasteiger partial charge in [-0.2, -0.15) is 5.10 Å². The first kappa shape index (κ1) is 23.8. The smallest absolute Gasteiger partial charge is 0.274 e. The Balaban J connectivity index is 1.26. The van der Waals surface area contributed by atoms with E-state index in [0.717, 1.165) is 52.3 Å². The van der Waals surface area contributed by atoms with Gasteiger partial charge >= 0.3 is 0 Å². The largest absolute Gasteiger partial charge is 0.381 e. The van der Waals surface area contributed by atoms with Gasteiger partial charge in [0.2, 0.25) is 0 Å². The number of imidazole rings is 1. The van der Waals surface area contributed by atoms with Gasteiger partial charge in [-0.05, 0) is 61.7 Å². The number of nitrogens with zero attached hydrogens (tertiary/aromatic N) is 4. The van der Waals surface area contributed by atoms with Crippen molar-refractivity contribution in [2.24, 2.45) is 0 Å². The van der Waals surface area contributed by atoms with E-state index in [-0.39, 0.29) is 23.2 Å². The second-order valence-corrected chi connectivity index (χ2v) is 10.4. The topological polar surface area (TPSA) is 108 Å². The zero-order valence-electron chi connectivity index (χ0n) is 21.5. The van der Waals surface area contributed by atoms with Crippen LogP contribution in [-0.4, -0.2) is 55.1 Å². The van der Waals surface area contributed by atoms with Gasteiger partial charge in [-0.1, -0.05) is 0 Å². The second-order valence-electron chi connectivity index (χ2n) is 10.4. The van der Waals surface area contributed by atoms with E-state index in [0.29, 0.717) is 49.3 Å². The molecule has 2 aliphatic heterocycles. The van der Waals surface area contributed by atoms with Crippen molar-refractivity contribution in [3.8, 4) is 11.3 Å². The first-order valence-electron chi connectivity index (χ1n) is 13.2. The predicted molar refractivity (Wildman–Crippen MR) is 143 cm³/mol. The molecule has 0 unspecified atom stereocenters. The normalized spacial score (nSPS) is 16.2. The molecule has 39 heavy (non-hydrogen) atoms. The van der Waals surface area contributed by atoms with E-state index in [1.54, 1.807) is 29.3 Å². The van der Waals surface area contributed by atoms with Crippen LogP contribution in [0, 0.1) is 12.7 Å². The van der Waals surface area contributed by atoms with E-state index < -0.39 is 0 Å². The highest BCUT2D eigenvalue weighted by Gasteiger charge is 2.28. The first-order valence-corrected chi connectivity index (χ1v) is 13.2. The van der Waals surface area contributed by atoms with E-state index in [1.807, 2.05) is 17.4 Å². The SMILES string of the molecule is Cc1cc2c(cc1C(=O)N1CCc3[nH]nc(-c4ccc(F)cc4)c3C1)[nH]c(=O)c1cnc(C3CCOCC3)n12. The molecule has 9 nitrogen and oxygen atoms in total. The summed E-state index contributed by atoms with van der Waals surface area (Å²) in [6, 6.07) is 9.96. The number of aromatic amines is 2. The van der Waals surface area contributed by atoms with Crippen molar-refractivity contribution in [1.82, 2.24) is 29.5 Å². The molecule has 5 heterocycles. The maximum atomic E-state index is 13.8. The second kappa shape index (κ2) is 9.16. The molecule has 1 saturated heterocycles. The number of hydrogen-bond acceptors (Lipinski definition) is 5. The Morgan fingerprint density at radius 1 is 1.13 bits per heavy atom. The van der Waals surface area contributed by atoms with E-state index in [4.69, 9.17) is 4.74 Å². The number of ether oxygens (including phenoxy) is 1. The fraction of sp³-hybridized carbons (Fsp3) is 0.310. The molecule has 0 spiro atoms. The summed E-state index contributed by atoms with van der Waals surface area (Å²) < 4.78 is 20.9. The number of halogens is 1. The molecule has 2 N–H and O–H groups in total. The van der Waals surface area contributed by atoms with Gasteiger partial charge < -0.3 is 14.6 Å². The molecule has 5 aromatic rings. The number of hydrogen-bond donors (Lipinski definition) is 2. The van der Waals surface area contributed by atoms with E-state index in [9.17, 15) is 14.0 Å². The molecular formula is C29H27FN6O3. The number of rotatable bonds is 3. The monoisotopic (exact) mass is 526 g/mol. The lowest BCUT2D eigenvalue weighted by molar-refractivity contribution is 0.0734. The highest BCUT2D eigenvalue weighted by Crippen LogP contribution is 2.31. The summed E-state index contributed by atoms with van der Waals surface area (Å²) in [6.45, 7) is 4.20. The molecule has 2 aromatic carbocycles. The number of H-pyrrole nitrogens is 2. The van der Waals surface area contributed by atoms with Gasteiger partial charge in [0, 0.05) is 61.0 Å². The van der Waals surface area contributed by atoms with Crippen molar-refractivity contribution in [3.63, 3.8) is 0 Å². The summed E-state index contributed by atoms with van der Waals surface area (Å²) in [5.41, 5.74) is 6.50. The molecule has 10 heteroatoms. The number of aromatic nitrogens is 5. The fourth-order valence-electron chi connectivity index (χ4n) is 5.90. The number of carbonyl (C=O) groups excluding carboxylic acids is 1. The molecular weight excluding hydrogens is 499 g/mol. The Labute approximate surface area is 222 Å². The van der Waals surface area contributed by atoms with Crippen molar-refractivity contribution in [3.05, 3.63) is 87.0 Å². The molecule has 7 rings (SSSR count). The molecule has 0 aliphatic carbocycles. The lowest BCUT2D eigenvalue weighted by Gasteiger charge is -2.28. The maximum absolute atomic E-state index is 13.8. The molecule has 0 atom stereocenters. The van der Waals surface area contributed by atoms with Gasteiger partial charge in [0.1, 0.15) is 17.2 Å². The molecule has 0 bridgehead atoms. The molecule has 198 valence electrons. The van der Waals surface area contributed by atoms with Crippen LogP contribution in [0.5, 0.6) is 0 Å². The van der Waals surface area contributed by atoms with Crippen LogP contribution in [-0.2, 0) is 17.7 Å². The van der Waals surface area contributed by atoms with Gasteiger partial charge in [-0.25, -0.2) is 9.37 Å². The Bertz CT molecular complexity index is 1800. The van der Waals surface area contributed by atoms with E-state index in [1.165, 1.54) is 12.1 Å². The van der Waals surface area contributed by atoms with E-state index >= 15 is 0 Å². The third kappa shape index (κ3) is 3.94. The van der Waals surface area contributed by atoms with Crippen molar-refractivity contribution in [1.29, 1.82) is 0 Å². The van der Waals surface area contributed by atoms with Crippen molar-refractivity contribution in [2.75, 3.05) is 19.8 Å². The number of benzene rings is 2. The average Bonchev–Trinajstić information content (AvgIpc) is 3.59. The van der Waals surface area contributed by atoms with Crippen molar-refractivity contribution in [2.45, 2.75) is 38.6 Å². The Hall–Kier alpha value is -4.31. The standard InChI is InChI=1S/C29H27FN6O3/c1-16-12-24-23(32-28(37)25-14-31-27(36(24)25)18-7-10-39-11-8-18)13-20(16)29(38)35-9-6-22-21(15-35)26(34-33-22)17-2-4-19(30)5-3-17/h2-5,12-14,18H,6-11,15H2,1H3,(H,32,37)(H,33,34). The zero-order valence-corrected chi connectivity index (χ0v) is 21.5. The van der Waals surface area contributed by atoms with Gasteiger partial charge in [-0.15, -0.1) is 0 Å². The summed E-state index contributed by atoms with van der Waals surface area (Å²) >= 11 is 0. The number of amides is 1. The van der Waals surface area contributed by atoms with E-state index in [2.05, 4.69) is 20.2 Å². The molecule has 2 aliphatic rings. The van der Waals surface area contributed by atoms with Crippen LogP contribution in [0.1, 0.15) is 51.8 Å². The Morgan fingerprint density at radius 2 is 1.92 bits per heavy atom. The van der Waals surface area contributed by atoms with Crippen LogP contribution in [0.3, 0.4) is 0 Å². The minimum atomic E-state index is -0.308. The van der Waals surface area contributed by atoms with Crippen LogP contribution in [0.15, 0.2) is 47.4 Å². The third-order valence-electron chi connectivity index (χ3n) is 8.01. The van der Waals surface area contributed by atoms with Crippen molar-refractivity contribution < 1.29 is 13.9 Å². The minimum absolute atomic E-state index is 0.109. The molecule has 1 fully saturated rings. The molecule has 0 radical (unpaired) electrons. The van der Waals surface area contributed by atoms with Crippen LogP contribution in [0.25, 0.3) is 27.8 Å². The average molecular weight is 527 g/mol. The fourth-order valence-corrected chi connectivity index (χ4v) is 5.90. The third-order valence-corrected chi connectivity index (χ3v) is 8.01. The highest BCUT2D eigenvalue weighted by atomic mass is 19.1. The summed E-state index contributed by atoms with van der Waals surface area (Å²) in [5, 5.41) is 7.55. The maximum Gasteiger partial charge on any atom is 0.274 e. The number of aryl methyl sites for hydroxylation is 1. The van der Waals surface area contributed by atoms with Gasteiger partial charge in [0.05, 0.1) is 22.9 Å². The lowest BCUT2D eigenvalue weighted by atomic mass is 9.98. The minimum Gasteiger partial charge on any atom is -0.381 e. The number of carbonyl (C=O) groups is 1. The van der Waals surface area contributed by atoms with Gasteiger partial charge in [-0.3, -0.25) is 19.1 Å². The van der Waals surface area contributed by atoms with Gasteiger partial charge in [0.25, 0.3) is 11.5 Å². The Morgan fingerprint density at radius 3 is 2.72 bits per heavy atom. The zero-order chi connectivity index (χ0) is 26.7. The quantitative estimate of drug-likeness (QED) is 0.368. The summed E-state index contributed by atoms with van der Waals surface area (Å²) in [5.74, 6) is 0.653. The lowest BCUT2D eigenvalue weighted by Crippen LogP contribution is -2.36. The van der Waals surface area contributed by atoms with Crippen LogP contribution >= 0.6 is 0 Å². The molecule has 3 aromatic heterocycles. The molecule has 1 amide bonds. The number of fused-ring (bicyclic) bond motifs is 4. The van der Waals surface area contributed by atoms with Gasteiger partial charge in [0.15, 0.2) is 0 Å². The summed E-state index contributed by atoms with van der Waals surface area (Å²) in [6.07, 6.45) is 3.98. The van der Waals surface area contributed by atoms with Crippen LogP contribution < -0.4 is 5.56 Å². The van der Waals surface area contributed by atoms with Crippen LogP contribution in [0.4, 0.5) is 4.39 Å². The van der Waals surface area contributed by atoms with Crippen molar-refractivity contribution >= 4 is 22.5 Å². The summed E-state index contributed by atoms with van der Waals surface area (Å²) in [7, 11) is 0. The number of nitrogens with one attached hydrogen (secondary N) is 2. The van der Waals surface area contributed by atoms with Crippen LogP contribution in [0.2, 0.25) is 0 Å². The predicted octanol–water partition coefficient (Wildman–Crippen LogP) is 4.11. The Kier molecular flexibility index (Phi) is 5.59. The molecule has 0 saturated carbocycles. The summed E-state index contributed by atoms with van der Waals surface area (Å²) in [4.78, 5) is 36.2.